The van der Waals surface area contributed by atoms with Crippen LogP contribution in [-0.4, -0.2) is 92.3 Å². The van der Waals surface area contributed by atoms with Gasteiger partial charge in [0, 0.05) is 67.8 Å². The molecule has 3 amide bonds. The predicted molar refractivity (Wildman–Crippen MR) is 203 cm³/mol. The Kier molecular flexibility index (Phi) is 14.2. The van der Waals surface area contributed by atoms with E-state index in [1.54, 1.807) is 61.8 Å². The third-order valence-electron chi connectivity index (χ3n) is 7.81. The number of halogens is 3. The Balaban J connectivity index is 1.86. The molecule has 0 spiro atoms. The van der Waals surface area contributed by atoms with Gasteiger partial charge in [-0.05, 0) is 69.2 Å². The van der Waals surface area contributed by atoms with Crippen LogP contribution in [0.3, 0.4) is 0 Å². The second-order valence-corrected chi connectivity index (χ2v) is 16.1. The van der Waals surface area contributed by atoms with E-state index in [4.69, 9.17) is 44.5 Å². The van der Waals surface area contributed by atoms with Gasteiger partial charge in [-0.25, -0.2) is 17.9 Å². The maximum absolute atomic E-state index is 14.7. The molecular weight excluding hydrogens is 735 g/mol. The van der Waals surface area contributed by atoms with E-state index in [0.29, 0.717) is 49.3 Å². The number of carbonyl (C=O) groups excluding carboxylic acids is 2. The molecule has 4 rings (SSSR count). The van der Waals surface area contributed by atoms with Gasteiger partial charge >= 0.3 is 6.03 Å². The number of carbonyl (C=O) groups is 2. The number of amides is 3. The zero-order chi connectivity index (χ0) is 37.3. The van der Waals surface area contributed by atoms with E-state index in [0.717, 1.165) is 11.1 Å². The lowest BCUT2D eigenvalue weighted by Crippen LogP contribution is -2.54. The Morgan fingerprint density at radius 2 is 1.51 bits per heavy atom. The summed E-state index contributed by atoms with van der Waals surface area (Å²) in [6.45, 7) is 12.2. The number of benzene rings is 3. The topological polar surface area (TPSA) is 124 Å². The number of nitrogens with one attached hydrogen (secondary N) is 2. The van der Waals surface area contributed by atoms with Crippen molar-refractivity contribution >= 4 is 62.6 Å². The third-order valence-corrected chi connectivity index (χ3v) is 10.5. The largest absolute Gasteiger partial charge is 0.493 e. The number of aliphatic imine (C=N–C) groups is 1. The summed E-state index contributed by atoms with van der Waals surface area (Å²) < 4.78 is 36.2. The molecule has 1 heterocycles. The lowest BCUT2D eigenvalue weighted by Gasteiger charge is -2.38. The van der Waals surface area contributed by atoms with Crippen LogP contribution in [0.2, 0.25) is 15.1 Å². The third kappa shape index (κ3) is 11.8. The Bertz CT molecular complexity index is 1810. The van der Waals surface area contributed by atoms with Crippen LogP contribution < -0.4 is 14.8 Å². The van der Waals surface area contributed by atoms with Crippen LogP contribution in [0.15, 0.2) is 70.6 Å². The molecule has 0 saturated carbocycles. The standard InChI is InChI=1S/C36H45Cl3N6O5S/c1-6-50-32-22-31(39)33(51(48,49)42-36(3,4)5)21-30(32)34(41-23-26-7-11-28(37)12-8-26)45(24-27-9-13-29(38)14-10-27)35(47)44-19-17-43(18-20-44)16-15-40-25(2)46/h7-14,21-22,42H,6,15-20,23-24H2,1-5H3,(H,40,46). The van der Waals surface area contributed by atoms with Crippen molar-refractivity contribution < 1.29 is 22.7 Å². The van der Waals surface area contributed by atoms with E-state index < -0.39 is 15.6 Å². The van der Waals surface area contributed by atoms with E-state index in [9.17, 15) is 18.0 Å². The summed E-state index contributed by atoms with van der Waals surface area (Å²) in [6.07, 6.45) is 0. The molecule has 0 aromatic heterocycles. The van der Waals surface area contributed by atoms with Gasteiger partial charge in [0.05, 0.1) is 30.3 Å². The quantitative estimate of drug-likeness (QED) is 0.161. The smallest absolute Gasteiger partial charge is 0.326 e. The van der Waals surface area contributed by atoms with Crippen molar-refractivity contribution in [1.29, 1.82) is 0 Å². The molecule has 11 nitrogen and oxygen atoms in total. The summed E-state index contributed by atoms with van der Waals surface area (Å²) in [4.78, 5) is 36.4. The van der Waals surface area contributed by atoms with E-state index in [2.05, 4.69) is 14.9 Å². The first-order chi connectivity index (χ1) is 24.1. The minimum absolute atomic E-state index is 0.0398. The van der Waals surface area contributed by atoms with Crippen LogP contribution in [0.25, 0.3) is 0 Å². The normalized spacial score (nSPS) is 14.4. The van der Waals surface area contributed by atoms with Gasteiger partial charge in [0.1, 0.15) is 16.5 Å². The molecule has 2 N–H and O–H groups in total. The highest BCUT2D eigenvalue weighted by molar-refractivity contribution is 7.89. The number of urea groups is 1. The van der Waals surface area contributed by atoms with Gasteiger partial charge in [-0.2, -0.15) is 0 Å². The Morgan fingerprint density at radius 1 is 0.922 bits per heavy atom. The fourth-order valence-corrected chi connectivity index (χ4v) is 7.66. The molecule has 1 fully saturated rings. The molecule has 3 aromatic rings. The van der Waals surface area contributed by atoms with Crippen molar-refractivity contribution in [2.75, 3.05) is 45.9 Å². The van der Waals surface area contributed by atoms with Gasteiger partial charge in [0.25, 0.3) is 0 Å². The average molecular weight is 780 g/mol. The second kappa shape index (κ2) is 17.9. The number of sulfonamides is 1. The minimum Gasteiger partial charge on any atom is -0.493 e. The summed E-state index contributed by atoms with van der Waals surface area (Å²) in [7, 11) is -4.13. The number of ether oxygens (including phenoxy) is 1. The Hall–Kier alpha value is -3.39. The lowest BCUT2D eigenvalue weighted by atomic mass is 10.1. The zero-order valence-electron chi connectivity index (χ0n) is 29.5. The van der Waals surface area contributed by atoms with E-state index >= 15 is 0 Å². The first-order valence-corrected chi connectivity index (χ1v) is 19.2. The van der Waals surface area contributed by atoms with Crippen LogP contribution in [0, 0.1) is 0 Å². The van der Waals surface area contributed by atoms with Crippen LogP contribution in [0.5, 0.6) is 5.75 Å². The van der Waals surface area contributed by atoms with Crippen LogP contribution in [-0.2, 0) is 27.9 Å². The van der Waals surface area contributed by atoms with Gasteiger partial charge in [-0.15, -0.1) is 0 Å². The van der Waals surface area contributed by atoms with Crippen LogP contribution >= 0.6 is 34.8 Å². The van der Waals surface area contributed by atoms with Gasteiger partial charge in [-0.3, -0.25) is 19.6 Å². The first-order valence-electron chi connectivity index (χ1n) is 16.6. The van der Waals surface area contributed by atoms with Crippen molar-refractivity contribution in [3.63, 3.8) is 0 Å². The molecule has 0 radical (unpaired) electrons. The fraction of sp³-hybridized carbons (Fsp3) is 0.417. The molecule has 1 aliphatic rings. The van der Waals surface area contributed by atoms with Gasteiger partial charge in [0.15, 0.2) is 0 Å². The van der Waals surface area contributed by atoms with Crippen molar-refractivity contribution in [2.24, 2.45) is 4.99 Å². The van der Waals surface area contributed by atoms with E-state index in [1.165, 1.54) is 19.1 Å². The molecule has 0 unspecified atom stereocenters. The Morgan fingerprint density at radius 3 is 2.06 bits per heavy atom. The monoisotopic (exact) mass is 778 g/mol. The average Bonchev–Trinajstić information content (AvgIpc) is 3.05. The van der Waals surface area contributed by atoms with Gasteiger partial charge in [-0.1, -0.05) is 59.1 Å². The van der Waals surface area contributed by atoms with Crippen LogP contribution in [0.1, 0.15) is 51.3 Å². The summed E-state index contributed by atoms with van der Waals surface area (Å²) in [6, 6.07) is 16.9. The van der Waals surface area contributed by atoms with Crippen molar-refractivity contribution in [3.05, 3.63) is 92.4 Å². The highest BCUT2D eigenvalue weighted by Crippen LogP contribution is 2.33. The molecule has 15 heteroatoms. The first kappa shape index (κ1) is 40.4. The number of amidine groups is 1. The molecule has 1 saturated heterocycles. The molecule has 51 heavy (non-hydrogen) atoms. The summed E-state index contributed by atoms with van der Waals surface area (Å²) in [5.74, 6) is 0.375. The number of hydrogen-bond acceptors (Lipinski definition) is 7. The highest BCUT2D eigenvalue weighted by atomic mass is 35.5. The maximum Gasteiger partial charge on any atom is 0.326 e. The van der Waals surface area contributed by atoms with Crippen molar-refractivity contribution in [3.8, 4) is 5.75 Å². The van der Waals surface area contributed by atoms with Crippen LogP contribution in [0.4, 0.5) is 4.79 Å². The molecule has 3 aromatic carbocycles. The maximum atomic E-state index is 14.7. The van der Waals surface area contributed by atoms with Gasteiger partial charge in [0.2, 0.25) is 15.9 Å². The molecular formula is C36H45Cl3N6O5S. The molecule has 0 bridgehead atoms. The van der Waals surface area contributed by atoms with Crippen molar-refractivity contribution in [2.45, 2.75) is 58.1 Å². The number of rotatable bonds is 12. The summed E-state index contributed by atoms with van der Waals surface area (Å²) in [5, 5.41) is 3.89. The Labute approximate surface area is 315 Å². The fourth-order valence-electron chi connectivity index (χ4n) is 5.45. The molecule has 0 aliphatic carbocycles. The summed E-state index contributed by atoms with van der Waals surface area (Å²) >= 11 is 19.0. The van der Waals surface area contributed by atoms with Gasteiger partial charge < -0.3 is 15.0 Å². The predicted octanol–water partition coefficient (Wildman–Crippen LogP) is 6.45. The van der Waals surface area contributed by atoms with E-state index in [-0.39, 0.29) is 58.7 Å². The number of hydrogen-bond donors (Lipinski definition) is 2. The number of nitrogens with zero attached hydrogens (tertiary/aromatic N) is 4. The van der Waals surface area contributed by atoms with Crippen molar-refractivity contribution in [1.82, 2.24) is 24.7 Å². The summed E-state index contributed by atoms with van der Waals surface area (Å²) in [5.41, 5.74) is 1.07. The lowest BCUT2D eigenvalue weighted by molar-refractivity contribution is -0.119. The SMILES string of the molecule is CCOc1cc(Cl)c(S(=O)(=O)NC(C)(C)C)cc1C(=NCc1ccc(Cl)cc1)N(Cc1ccc(Cl)cc1)C(=O)N1CCN(CCNC(C)=O)CC1. The molecule has 1 aliphatic heterocycles. The zero-order valence-corrected chi connectivity index (χ0v) is 32.6. The minimum atomic E-state index is -4.13. The number of piperazine rings is 1. The highest BCUT2D eigenvalue weighted by Gasteiger charge is 2.33. The molecule has 0 atom stereocenters. The second-order valence-electron chi connectivity index (χ2n) is 13.1. The molecule has 276 valence electrons. The van der Waals surface area contributed by atoms with E-state index in [1.807, 2.05) is 24.3 Å².